The molecule has 130 valence electrons. The minimum atomic E-state index is -0.0525. The van der Waals surface area contributed by atoms with Gasteiger partial charge < -0.3 is 14.2 Å². The summed E-state index contributed by atoms with van der Waals surface area (Å²) in [4.78, 5) is 12.0. The molecule has 1 N–H and O–H groups in total. The summed E-state index contributed by atoms with van der Waals surface area (Å²) in [5.41, 5.74) is 1.27. The molecule has 1 aromatic carbocycles. The average Bonchev–Trinajstić information content (AvgIpc) is 3.30. The fourth-order valence-electron chi connectivity index (χ4n) is 2.31. The summed E-state index contributed by atoms with van der Waals surface area (Å²) in [6.45, 7) is 2.01. The van der Waals surface area contributed by atoms with Crippen LogP contribution in [0.5, 0.6) is 0 Å². The Labute approximate surface area is 150 Å². The number of nitrogens with zero attached hydrogens (tertiary/aromatic N) is 2. The van der Waals surface area contributed by atoms with Gasteiger partial charge in [0.25, 0.3) is 11.1 Å². The number of aryl methyl sites for hydroxylation is 1. The molecule has 3 rings (SSSR count). The van der Waals surface area contributed by atoms with Crippen molar-refractivity contribution in [3.63, 3.8) is 0 Å². The number of aromatic nitrogens is 2. The summed E-state index contributed by atoms with van der Waals surface area (Å²) < 4.78 is 10.6. The van der Waals surface area contributed by atoms with Crippen LogP contribution in [-0.4, -0.2) is 27.9 Å². The van der Waals surface area contributed by atoms with Gasteiger partial charge >= 0.3 is 0 Å². The first-order valence-corrected chi connectivity index (χ1v) is 9.03. The lowest BCUT2D eigenvalue weighted by Crippen LogP contribution is -2.34. The number of carbonyl (C=O) groups is 1. The molecule has 6 nitrogen and oxygen atoms in total. The molecule has 0 bridgehead atoms. The van der Waals surface area contributed by atoms with Gasteiger partial charge in [-0.1, -0.05) is 42.1 Å². The van der Waals surface area contributed by atoms with E-state index in [2.05, 4.69) is 27.6 Å². The first-order valence-electron chi connectivity index (χ1n) is 8.04. The Morgan fingerprint density at radius 2 is 2.04 bits per heavy atom. The van der Waals surface area contributed by atoms with Gasteiger partial charge in [0.15, 0.2) is 5.76 Å². The Morgan fingerprint density at radius 1 is 1.20 bits per heavy atom. The molecular formula is C18H19N3O3S. The first-order chi connectivity index (χ1) is 12.2. The predicted octanol–water partition coefficient (Wildman–Crippen LogP) is 3.56. The molecule has 2 heterocycles. The Morgan fingerprint density at radius 3 is 2.80 bits per heavy atom. The van der Waals surface area contributed by atoms with E-state index in [1.807, 2.05) is 25.1 Å². The van der Waals surface area contributed by atoms with Crippen molar-refractivity contribution in [3.8, 4) is 11.7 Å². The molecule has 0 fully saturated rings. The van der Waals surface area contributed by atoms with Crippen LogP contribution in [-0.2, 0) is 11.2 Å². The molecule has 0 spiro atoms. The highest BCUT2D eigenvalue weighted by atomic mass is 32.2. The van der Waals surface area contributed by atoms with E-state index >= 15 is 0 Å². The molecule has 1 unspecified atom stereocenters. The number of amides is 1. The summed E-state index contributed by atoms with van der Waals surface area (Å²) in [6.07, 6.45) is 3.37. The van der Waals surface area contributed by atoms with Gasteiger partial charge in [-0.3, -0.25) is 4.79 Å². The van der Waals surface area contributed by atoms with E-state index in [4.69, 9.17) is 8.83 Å². The van der Waals surface area contributed by atoms with Gasteiger partial charge in [-0.15, -0.1) is 10.2 Å². The lowest BCUT2D eigenvalue weighted by Gasteiger charge is -2.13. The Hall–Kier alpha value is -2.54. The van der Waals surface area contributed by atoms with Crippen molar-refractivity contribution in [3.05, 3.63) is 54.3 Å². The molecule has 0 aliphatic carbocycles. The second-order valence-corrected chi connectivity index (χ2v) is 6.56. The molecule has 0 aliphatic rings. The second-order valence-electron chi connectivity index (χ2n) is 5.63. The minimum absolute atomic E-state index is 0.0525. The van der Waals surface area contributed by atoms with Crippen molar-refractivity contribution < 1.29 is 13.6 Å². The number of rotatable bonds is 8. The fourth-order valence-corrected chi connectivity index (χ4v) is 2.89. The Bertz CT molecular complexity index is 787. The maximum atomic E-state index is 12.0. The summed E-state index contributed by atoms with van der Waals surface area (Å²) in [5.74, 6) is 1.00. The van der Waals surface area contributed by atoms with Crippen LogP contribution >= 0.6 is 11.8 Å². The summed E-state index contributed by atoms with van der Waals surface area (Å²) in [7, 11) is 0. The number of furan rings is 1. The van der Waals surface area contributed by atoms with Crippen molar-refractivity contribution in [2.75, 3.05) is 5.75 Å². The highest BCUT2D eigenvalue weighted by Crippen LogP contribution is 2.23. The van der Waals surface area contributed by atoms with E-state index in [-0.39, 0.29) is 17.7 Å². The molecule has 0 saturated heterocycles. The quantitative estimate of drug-likeness (QED) is 0.621. The molecule has 25 heavy (non-hydrogen) atoms. The van der Waals surface area contributed by atoms with Gasteiger partial charge in [0, 0.05) is 6.04 Å². The third-order valence-electron chi connectivity index (χ3n) is 3.58. The summed E-state index contributed by atoms with van der Waals surface area (Å²) in [6, 6.07) is 13.8. The monoisotopic (exact) mass is 357 g/mol. The van der Waals surface area contributed by atoms with Crippen molar-refractivity contribution in [1.82, 2.24) is 15.5 Å². The zero-order valence-electron chi connectivity index (χ0n) is 13.8. The van der Waals surface area contributed by atoms with Crippen LogP contribution in [0.3, 0.4) is 0 Å². The van der Waals surface area contributed by atoms with E-state index in [9.17, 15) is 4.79 Å². The van der Waals surface area contributed by atoms with Gasteiger partial charge in [0.05, 0.1) is 12.0 Å². The van der Waals surface area contributed by atoms with Crippen molar-refractivity contribution in [2.45, 2.75) is 31.0 Å². The molecule has 3 aromatic rings. The van der Waals surface area contributed by atoms with E-state index in [1.54, 1.807) is 12.1 Å². The number of hydrogen-bond donors (Lipinski definition) is 1. The minimum Gasteiger partial charge on any atom is -0.459 e. The maximum absolute atomic E-state index is 12.0. The lowest BCUT2D eigenvalue weighted by atomic mass is 10.1. The third-order valence-corrected chi connectivity index (χ3v) is 4.40. The maximum Gasteiger partial charge on any atom is 0.284 e. The normalized spacial score (nSPS) is 12.0. The topological polar surface area (TPSA) is 81.2 Å². The highest BCUT2D eigenvalue weighted by Gasteiger charge is 2.14. The van der Waals surface area contributed by atoms with E-state index in [1.165, 1.54) is 23.6 Å². The lowest BCUT2D eigenvalue weighted by molar-refractivity contribution is -0.119. The average molecular weight is 357 g/mol. The fraction of sp³-hybridized carbons (Fsp3) is 0.278. The smallest absolute Gasteiger partial charge is 0.284 e. The van der Waals surface area contributed by atoms with Crippen LogP contribution in [0.4, 0.5) is 0 Å². The molecule has 0 radical (unpaired) electrons. The Kier molecular flexibility index (Phi) is 5.90. The van der Waals surface area contributed by atoms with E-state index < -0.39 is 0 Å². The second kappa shape index (κ2) is 8.53. The van der Waals surface area contributed by atoms with Crippen LogP contribution in [0.15, 0.2) is 62.8 Å². The van der Waals surface area contributed by atoms with Crippen LogP contribution in [0.2, 0.25) is 0 Å². The predicted molar refractivity (Wildman–Crippen MR) is 95.1 cm³/mol. The van der Waals surface area contributed by atoms with Crippen molar-refractivity contribution >= 4 is 17.7 Å². The first kappa shape index (κ1) is 17.3. The zero-order chi connectivity index (χ0) is 17.5. The highest BCUT2D eigenvalue weighted by molar-refractivity contribution is 7.99. The van der Waals surface area contributed by atoms with Crippen LogP contribution in [0, 0.1) is 0 Å². The van der Waals surface area contributed by atoms with Crippen LogP contribution in [0.1, 0.15) is 18.9 Å². The molecule has 0 aliphatic heterocycles. The van der Waals surface area contributed by atoms with Gasteiger partial charge in [0.2, 0.25) is 5.91 Å². The van der Waals surface area contributed by atoms with Crippen LogP contribution < -0.4 is 5.32 Å². The number of carbonyl (C=O) groups excluding carboxylic acids is 1. The molecule has 2 aromatic heterocycles. The molecule has 1 atom stereocenters. The van der Waals surface area contributed by atoms with Crippen molar-refractivity contribution in [2.24, 2.45) is 0 Å². The molecular weight excluding hydrogens is 338 g/mol. The largest absolute Gasteiger partial charge is 0.459 e. The number of hydrogen-bond acceptors (Lipinski definition) is 6. The van der Waals surface area contributed by atoms with E-state index in [0.29, 0.717) is 16.9 Å². The van der Waals surface area contributed by atoms with Gasteiger partial charge in [-0.05, 0) is 37.5 Å². The number of thioether (sulfide) groups is 1. The van der Waals surface area contributed by atoms with Gasteiger partial charge in [-0.2, -0.15) is 0 Å². The Balaban J connectivity index is 1.40. The zero-order valence-corrected chi connectivity index (χ0v) is 14.7. The summed E-state index contributed by atoms with van der Waals surface area (Å²) in [5, 5.41) is 11.1. The SMILES string of the molecule is CC(CCc1ccccc1)NC(=O)CSc1nnc(-c2ccco2)o1. The molecule has 0 saturated carbocycles. The van der Waals surface area contributed by atoms with Crippen molar-refractivity contribution in [1.29, 1.82) is 0 Å². The van der Waals surface area contributed by atoms with Crippen LogP contribution in [0.25, 0.3) is 11.7 Å². The van der Waals surface area contributed by atoms with E-state index in [0.717, 1.165) is 12.8 Å². The summed E-state index contributed by atoms with van der Waals surface area (Å²) >= 11 is 1.21. The number of benzene rings is 1. The molecule has 7 heteroatoms. The van der Waals surface area contributed by atoms with Gasteiger partial charge in [-0.25, -0.2) is 0 Å². The number of nitrogens with one attached hydrogen (secondary N) is 1. The third kappa shape index (κ3) is 5.22. The van der Waals surface area contributed by atoms with Gasteiger partial charge in [0.1, 0.15) is 0 Å². The standard InChI is InChI=1S/C18H19N3O3S/c1-13(9-10-14-6-3-2-4-7-14)19-16(22)12-25-18-21-20-17(24-18)15-8-5-11-23-15/h2-8,11,13H,9-10,12H2,1H3,(H,19,22). The molecule has 1 amide bonds.